The highest BCUT2D eigenvalue weighted by Crippen LogP contribution is 2.57. The molecule has 2 heterocycles. The fourth-order valence-electron chi connectivity index (χ4n) is 4.26. The van der Waals surface area contributed by atoms with Gasteiger partial charge in [-0.25, -0.2) is 21.6 Å². The smallest absolute Gasteiger partial charge is 0.258 e. The summed E-state index contributed by atoms with van der Waals surface area (Å²) in [7, 11) is -3.40. The van der Waals surface area contributed by atoms with Gasteiger partial charge in [-0.05, 0) is 49.2 Å². The first-order chi connectivity index (χ1) is 18.9. The molecule has 0 unspecified atom stereocenters. The van der Waals surface area contributed by atoms with Crippen LogP contribution in [0.3, 0.4) is 0 Å². The summed E-state index contributed by atoms with van der Waals surface area (Å²) in [5.41, 5.74) is 0.229. The molecule has 14 heteroatoms. The molecule has 1 aliphatic carbocycles. The Bertz CT molecular complexity index is 1700. The molecule has 0 saturated heterocycles. The number of anilines is 1. The maximum absolute atomic E-state index is 13.7. The monoisotopic (exact) mass is 610 g/mol. The van der Waals surface area contributed by atoms with Gasteiger partial charge in [0.25, 0.3) is 5.89 Å². The summed E-state index contributed by atoms with van der Waals surface area (Å²) >= 11 is 13.2. The lowest BCUT2D eigenvalue weighted by Gasteiger charge is -2.17. The molecule has 4 aromatic rings. The summed E-state index contributed by atoms with van der Waals surface area (Å²) < 4.78 is 69.8. The van der Waals surface area contributed by atoms with Crippen LogP contribution in [0.4, 0.5) is 18.9 Å². The molecule has 208 valence electrons. The van der Waals surface area contributed by atoms with Gasteiger partial charge < -0.3 is 9.84 Å². The Labute approximate surface area is 236 Å². The molecule has 1 N–H and O–H groups in total. The van der Waals surface area contributed by atoms with Crippen molar-refractivity contribution < 1.29 is 30.9 Å². The average Bonchev–Trinajstić information content (AvgIpc) is 3.52. The van der Waals surface area contributed by atoms with E-state index in [1.54, 1.807) is 0 Å². The highest BCUT2D eigenvalue weighted by molar-refractivity contribution is 7.91. The second-order valence-corrected chi connectivity index (χ2v) is 12.3. The van der Waals surface area contributed by atoms with Crippen molar-refractivity contribution in [1.82, 2.24) is 15.1 Å². The normalized spacial score (nSPS) is 14.2. The predicted octanol–water partition coefficient (Wildman–Crippen LogP) is 5.91. The van der Waals surface area contributed by atoms with Gasteiger partial charge in [-0.3, -0.25) is 9.78 Å². The molecule has 2 aromatic carbocycles. The second kappa shape index (κ2) is 10.5. The number of pyridine rings is 1. The van der Waals surface area contributed by atoms with Crippen LogP contribution in [0.25, 0.3) is 11.5 Å². The lowest BCUT2D eigenvalue weighted by molar-refractivity contribution is -0.115. The topological polar surface area (TPSA) is 115 Å². The summed E-state index contributed by atoms with van der Waals surface area (Å²) in [6.07, 6.45) is 2.20. The third-order valence-electron chi connectivity index (χ3n) is 6.52. The summed E-state index contributed by atoms with van der Waals surface area (Å²) in [6.45, 7) is 1.53. The number of nitrogens with zero attached hydrogens (tertiary/aromatic N) is 3. The quantitative estimate of drug-likeness (QED) is 0.247. The first-order valence-electron chi connectivity index (χ1n) is 11.9. The molecule has 0 atom stereocenters. The van der Waals surface area contributed by atoms with E-state index in [9.17, 15) is 26.4 Å². The number of sulfone groups is 1. The minimum Gasteiger partial charge on any atom is -0.334 e. The average molecular weight is 611 g/mol. The Morgan fingerprint density at radius 1 is 1.07 bits per heavy atom. The van der Waals surface area contributed by atoms with Crippen LogP contribution in [-0.4, -0.2) is 35.2 Å². The van der Waals surface area contributed by atoms with Crippen molar-refractivity contribution in [3.63, 3.8) is 0 Å². The number of rotatable bonds is 8. The van der Waals surface area contributed by atoms with Crippen molar-refractivity contribution in [2.24, 2.45) is 0 Å². The number of hydrogen-bond acceptors (Lipinski definition) is 7. The van der Waals surface area contributed by atoms with E-state index in [0.29, 0.717) is 29.8 Å². The van der Waals surface area contributed by atoms with Crippen LogP contribution in [0.15, 0.2) is 52.0 Å². The third kappa shape index (κ3) is 5.30. The zero-order chi connectivity index (χ0) is 28.8. The SMILES string of the molecule is CCS(=O)(=O)c1ccc(CC(=O)Nc2cc(Cl)c(C3(c4noc(-c5cc(F)c(F)c(F)c5)n4)CC3)c(Cl)c2)nc1. The van der Waals surface area contributed by atoms with Gasteiger partial charge in [0.1, 0.15) is 0 Å². The lowest BCUT2D eigenvalue weighted by atomic mass is 9.94. The lowest BCUT2D eigenvalue weighted by Crippen LogP contribution is -2.17. The fourth-order valence-corrected chi connectivity index (χ4v) is 5.93. The minimum absolute atomic E-state index is 0.0601. The molecule has 1 aliphatic rings. The molecule has 1 saturated carbocycles. The molecule has 0 radical (unpaired) electrons. The van der Waals surface area contributed by atoms with Gasteiger partial charge in [-0.2, -0.15) is 4.98 Å². The summed E-state index contributed by atoms with van der Waals surface area (Å²) in [4.78, 5) is 21.0. The number of hydrogen-bond donors (Lipinski definition) is 1. The Kier molecular flexibility index (Phi) is 7.36. The number of halogens is 5. The Morgan fingerprint density at radius 2 is 1.73 bits per heavy atom. The van der Waals surface area contributed by atoms with Crippen LogP contribution in [0, 0.1) is 17.5 Å². The third-order valence-corrected chi connectivity index (χ3v) is 8.83. The molecule has 40 heavy (non-hydrogen) atoms. The maximum Gasteiger partial charge on any atom is 0.258 e. The number of benzene rings is 2. The van der Waals surface area contributed by atoms with Crippen molar-refractivity contribution in [2.45, 2.75) is 36.5 Å². The van der Waals surface area contributed by atoms with Crippen LogP contribution >= 0.6 is 23.2 Å². The zero-order valence-electron chi connectivity index (χ0n) is 20.6. The summed E-state index contributed by atoms with van der Waals surface area (Å²) in [6, 6.07) is 7.40. The molecule has 0 spiro atoms. The largest absolute Gasteiger partial charge is 0.334 e. The van der Waals surface area contributed by atoms with Crippen LogP contribution in [-0.2, 0) is 26.5 Å². The first-order valence-corrected chi connectivity index (χ1v) is 14.3. The van der Waals surface area contributed by atoms with Gasteiger partial charge in [-0.15, -0.1) is 0 Å². The number of carbonyl (C=O) groups excluding carboxylic acids is 1. The molecule has 0 bridgehead atoms. The van der Waals surface area contributed by atoms with E-state index >= 15 is 0 Å². The van der Waals surface area contributed by atoms with Gasteiger partial charge in [0.05, 0.1) is 22.5 Å². The van der Waals surface area contributed by atoms with Gasteiger partial charge in [0, 0.05) is 38.8 Å². The Balaban J connectivity index is 1.34. The van der Waals surface area contributed by atoms with E-state index in [2.05, 4.69) is 20.4 Å². The van der Waals surface area contributed by atoms with Gasteiger partial charge >= 0.3 is 0 Å². The zero-order valence-corrected chi connectivity index (χ0v) is 23.0. The maximum atomic E-state index is 13.7. The molecule has 1 fully saturated rings. The highest BCUT2D eigenvalue weighted by Gasteiger charge is 2.52. The van der Waals surface area contributed by atoms with Gasteiger partial charge in [0.15, 0.2) is 33.1 Å². The van der Waals surface area contributed by atoms with E-state index in [-0.39, 0.29) is 44.4 Å². The predicted molar refractivity (Wildman–Crippen MR) is 140 cm³/mol. The molecule has 1 amide bonds. The van der Waals surface area contributed by atoms with Crippen LogP contribution in [0.5, 0.6) is 0 Å². The molecule has 8 nitrogen and oxygen atoms in total. The number of aromatic nitrogens is 3. The van der Waals surface area contributed by atoms with Crippen molar-refractivity contribution in [3.05, 3.63) is 87.2 Å². The summed E-state index contributed by atoms with van der Waals surface area (Å²) in [5.74, 6) is -4.90. The molecule has 0 aliphatic heterocycles. The van der Waals surface area contributed by atoms with Crippen molar-refractivity contribution in [2.75, 3.05) is 11.1 Å². The van der Waals surface area contributed by atoms with E-state index in [0.717, 1.165) is 12.1 Å². The van der Waals surface area contributed by atoms with E-state index in [1.807, 2.05) is 0 Å². The molecular weight excluding hydrogens is 592 g/mol. The van der Waals surface area contributed by atoms with Crippen LogP contribution in [0.2, 0.25) is 10.0 Å². The van der Waals surface area contributed by atoms with Crippen LogP contribution in [0.1, 0.15) is 36.8 Å². The van der Waals surface area contributed by atoms with E-state index in [4.69, 9.17) is 27.7 Å². The van der Waals surface area contributed by atoms with Crippen molar-refractivity contribution >= 4 is 44.6 Å². The minimum atomic E-state index is -3.40. The van der Waals surface area contributed by atoms with E-state index in [1.165, 1.54) is 37.4 Å². The van der Waals surface area contributed by atoms with Gasteiger partial charge in [0.2, 0.25) is 5.91 Å². The highest BCUT2D eigenvalue weighted by atomic mass is 35.5. The molecule has 2 aromatic heterocycles. The molecule has 5 rings (SSSR count). The second-order valence-electron chi connectivity index (χ2n) is 9.19. The summed E-state index contributed by atoms with van der Waals surface area (Å²) in [5, 5.41) is 7.09. The number of nitrogens with one attached hydrogen (secondary N) is 1. The number of carbonyl (C=O) groups is 1. The Hall–Kier alpha value is -3.48. The fraction of sp³-hybridized carbons (Fsp3) is 0.231. The standard InChI is InChI=1S/C26H19Cl2F3N4O4S/c1-2-40(37,38)16-4-3-14(32-12-16)11-21(36)33-15-9-17(27)22(18(28)10-15)26(5-6-26)25-34-24(39-35-25)13-7-19(29)23(31)20(30)8-13/h3-4,7-10,12H,2,5-6,11H2,1H3,(H,33,36). The van der Waals surface area contributed by atoms with Crippen molar-refractivity contribution in [3.8, 4) is 11.5 Å². The van der Waals surface area contributed by atoms with Gasteiger partial charge in [-0.1, -0.05) is 35.3 Å². The van der Waals surface area contributed by atoms with Crippen molar-refractivity contribution in [1.29, 1.82) is 0 Å². The van der Waals surface area contributed by atoms with E-state index < -0.39 is 38.6 Å². The Morgan fingerprint density at radius 3 is 2.27 bits per heavy atom. The number of amides is 1. The van der Waals surface area contributed by atoms with Crippen LogP contribution < -0.4 is 5.32 Å². The first kappa shape index (κ1) is 28.1. The molecular formula is C26H19Cl2F3N4O4S.